The highest BCUT2D eigenvalue weighted by atomic mass is 14.9. The topological polar surface area (TPSA) is 12.0 Å². The Bertz CT molecular complexity index is 792. The fourth-order valence-corrected chi connectivity index (χ4v) is 7.08. The Hall–Kier alpha value is -1.60. The van der Waals surface area contributed by atoms with Crippen LogP contribution in [0.25, 0.3) is 0 Å². The van der Waals surface area contributed by atoms with Gasteiger partial charge in [0.15, 0.2) is 0 Å². The molecule has 1 saturated heterocycles. The first-order valence-corrected chi connectivity index (χ1v) is 13.5. The molecule has 0 unspecified atom stereocenters. The fraction of sp³-hybridized carbons (Fsp3) is 0.613. The van der Waals surface area contributed by atoms with Gasteiger partial charge in [0.25, 0.3) is 0 Å². The smallest absolute Gasteiger partial charge is 0.0243 e. The first-order chi connectivity index (χ1) is 15.6. The summed E-state index contributed by atoms with van der Waals surface area (Å²) in [7, 11) is 0. The average Bonchev–Trinajstić information content (AvgIpc) is 3.35. The predicted octanol–water partition coefficient (Wildman–Crippen LogP) is 8.01. The van der Waals surface area contributed by atoms with Crippen LogP contribution in [0.1, 0.15) is 119 Å². The lowest BCUT2D eigenvalue weighted by Gasteiger charge is -2.35. The van der Waals surface area contributed by atoms with Crippen molar-refractivity contribution in [3.05, 3.63) is 70.8 Å². The van der Waals surface area contributed by atoms with Gasteiger partial charge in [0.2, 0.25) is 0 Å². The summed E-state index contributed by atoms with van der Waals surface area (Å²) in [6.07, 6.45) is 16.3. The van der Waals surface area contributed by atoms with Crippen molar-refractivity contribution in [1.82, 2.24) is 5.32 Å². The van der Waals surface area contributed by atoms with Crippen LogP contribution < -0.4 is 5.32 Å². The zero-order valence-corrected chi connectivity index (χ0v) is 20.5. The van der Waals surface area contributed by atoms with Crippen LogP contribution >= 0.6 is 0 Å². The summed E-state index contributed by atoms with van der Waals surface area (Å²) < 4.78 is 0. The molecule has 1 N–H and O–H groups in total. The van der Waals surface area contributed by atoms with Crippen molar-refractivity contribution in [1.29, 1.82) is 0 Å². The van der Waals surface area contributed by atoms with Gasteiger partial charge in [-0.15, -0.1) is 0 Å². The SMILES string of the molecule is CC1(c2ccc(C(c3ccc(C4(C)CCCCC4)cc3)[C@H]3CCCN3)cc2)CCCCC1. The maximum atomic E-state index is 3.82. The second kappa shape index (κ2) is 9.34. The molecule has 0 spiro atoms. The van der Waals surface area contributed by atoms with Crippen LogP contribution in [0.4, 0.5) is 0 Å². The molecule has 2 aromatic carbocycles. The molecule has 172 valence electrons. The van der Waals surface area contributed by atoms with Gasteiger partial charge in [0, 0.05) is 12.0 Å². The number of rotatable bonds is 5. The van der Waals surface area contributed by atoms with Gasteiger partial charge in [-0.3, -0.25) is 0 Å². The number of hydrogen-bond acceptors (Lipinski definition) is 1. The molecule has 3 aliphatic rings. The van der Waals surface area contributed by atoms with E-state index in [1.807, 2.05) is 0 Å². The second-order valence-electron chi connectivity index (χ2n) is 11.7. The molecule has 32 heavy (non-hydrogen) atoms. The summed E-state index contributed by atoms with van der Waals surface area (Å²) in [6, 6.07) is 20.2. The standard InChI is InChI=1S/C31H43N/c1-30(19-5-3-6-20-30)26-15-11-24(12-16-26)29(28-10-9-23-32-28)25-13-17-27(18-14-25)31(2)21-7-4-8-22-31/h11-18,28-29,32H,3-10,19-23H2,1-2H3/t28-/m1/s1. The molecule has 1 nitrogen and oxygen atoms in total. The molecule has 2 saturated carbocycles. The molecule has 1 atom stereocenters. The zero-order chi connectivity index (χ0) is 22.0. The fourth-order valence-electron chi connectivity index (χ4n) is 7.08. The van der Waals surface area contributed by atoms with Crippen molar-refractivity contribution in [2.75, 3.05) is 6.54 Å². The van der Waals surface area contributed by atoms with Crippen molar-refractivity contribution in [2.45, 2.75) is 114 Å². The molecular weight excluding hydrogens is 386 g/mol. The minimum atomic E-state index is 0.384. The van der Waals surface area contributed by atoms with Gasteiger partial charge in [-0.2, -0.15) is 0 Å². The minimum Gasteiger partial charge on any atom is -0.313 e. The summed E-state index contributed by atoms with van der Waals surface area (Å²) in [4.78, 5) is 0. The third kappa shape index (κ3) is 4.43. The molecule has 0 bridgehead atoms. The third-order valence-electron chi connectivity index (χ3n) is 9.35. The highest BCUT2D eigenvalue weighted by molar-refractivity contribution is 5.40. The van der Waals surface area contributed by atoms with Gasteiger partial charge < -0.3 is 5.32 Å². The predicted molar refractivity (Wildman–Crippen MR) is 137 cm³/mol. The van der Waals surface area contributed by atoms with Crippen LogP contribution in [-0.4, -0.2) is 12.6 Å². The van der Waals surface area contributed by atoms with Crippen molar-refractivity contribution < 1.29 is 0 Å². The number of benzene rings is 2. The van der Waals surface area contributed by atoms with E-state index in [1.54, 1.807) is 11.1 Å². The summed E-state index contributed by atoms with van der Waals surface area (Å²) >= 11 is 0. The summed E-state index contributed by atoms with van der Waals surface area (Å²) in [5, 5.41) is 3.82. The van der Waals surface area contributed by atoms with Crippen molar-refractivity contribution in [3.8, 4) is 0 Å². The maximum absolute atomic E-state index is 3.82. The summed E-state index contributed by atoms with van der Waals surface area (Å²) in [6.45, 7) is 6.14. The minimum absolute atomic E-state index is 0.384. The van der Waals surface area contributed by atoms with Crippen LogP contribution in [0.3, 0.4) is 0 Å². The molecule has 0 aromatic heterocycles. The summed E-state index contributed by atoms with van der Waals surface area (Å²) in [5.74, 6) is 0.457. The Labute approximate surface area is 196 Å². The Kier molecular flexibility index (Phi) is 6.48. The quantitative estimate of drug-likeness (QED) is 0.507. The van der Waals surface area contributed by atoms with Crippen LogP contribution in [0.15, 0.2) is 48.5 Å². The van der Waals surface area contributed by atoms with Crippen LogP contribution in [0.5, 0.6) is 0 Å². The third-order valence-corrected chi connectivity index (χ3v) is 9.35. The van der Waals surface area contributed by atoms with Gasteiger partial charge in [0.05, 0.1) is 0 Å². The Balaban J connectivity index is 1.42. The van der Waals surface area contributed by atoms with Gasteiger partial charge in [-0.1, -0.05) is 101 Å². The van der Waals surface area contributed by atoms with Gasteiger partial charge in [-0.25, -0.2) is 0 Å². The lowest BCUT2D eigenvalue weighted by atomic mass is 9.70. The first kappa shape index (κ1) is 22.2. The summed E-state index contributed by atoms with van der Waals surface area (Å²) in [5.41, 5.74) is 6.86. The van der Waals surface area contributed by atoms with Gasteiger partial charge in [0.1, 0.15) is 0 Å². The van der Waals surface area contributed by atoms with E-state index in [-0.39, 0.29) is 0 Å². The van der Waals surface area contributed by atoms with E-state index in [0.29, 0.717) is 22.8 Å². The molecule has 3 fully saturated rings. The highest BCUT2D eigenvalue weighted by Gasteiger charge is 2.32. The average molecular weight is 430 g/mol. The molecule has 2 aromatic rings. The van der Waals surface area contributed by atoms with Crippen LogP contribution in [0, 0.1) is 0 Å². The van der Waals surface area contributed by atoms with Crippen LogP contribution in [0.2, 0.25) is 0 Å². The molecule has 1 heteroatoms. The molecule has 1 heterocycles. The van der Waals surface area contributed by atoms with E-state index in [9.17, 15) is 0 Å². The van der Waals surface area contributed by atoms with E-state index in [1.165, 1.54) is 88.2 Å². The Morgan fingerprint density at radius 2 is 1.06 bits per heavy atom. The molecule has 0 radical (unpaired) electrons. The Morgan fingerprint density at radius 3 is 1.44 bits per heavy atom. The molecule has 1 aliphatic heterocycles. The van der Waals surface area contributed by atoms with Crippen molar-refractivity contribution >= 4 is 0 Å². The molecule has 2 aliphatic carbocycles. The lowest BCUT2D eigenvalue weighted by Crippen LogP contribution is -2.30. The number of nitrogens with one attached hydrogen (secondary N) is 1. The van der Waals surface area contributed by atoms with E-state index >= 15 is 0 Å². The first-order valence-electron chi connectivity index (χ1n) is 13.5. The van der Waals surface area contributed by atoms with Crippen molar-refractivity contribution in [2.24, 2.45) is 0 Å². The van der Waals surface area contributed by atoms with E-state index in [0.717, 1.165) is 6.54 Å². The maximum Gasteiger partial charge on any atom is 0.0243 e. The lowest BCUT2D eigenvalue weighted by molar-refractivity contribution is 0.319. The van der Waals surface area contributed by atoms with Gasteiger partial charge >= 0.3 is 0 Å². The number of hydrogen-bond donors (Lipinski definition) is 1. The Morgan fingerprint density at radius 1 is 0.625 bits per heavy atom. The highest BCUT2D eigenvalue weighted by Crippen LogP contribution is 2.42. The zero-order valence-electron chi connectivity index (χ0n) is 20.5. The normalized spacial score (nSPS) is 25.2. The van der Waals surface area contributed by atoms with E-state index in [4.69, 9.17) is 0 Å². The molecule has 5 rings (SSSR count). The van der Waals surface area contributed by atoms with Crippen LogP contribution in [-0.2, 0) is 10.8 Å². The van der Waals surface area contributed by atoms with Crippen molar-refractivity contribution in [3.63, 3.8) is 0 Å². The molecule has 0 amide bonds. The second-order valence-corrected chi connectivity index (χ2v) is 11.7. The van der Waals surface area contributed by atoms with E-state index in [2.05, 4.69) is 67.7 Å². The van der Waals surface area contributed by atoms with E-state index < -0.39 is 0 Å². The van der Waals surface area contributed by atoms with Gasteiger partial charge in [-0.05, 0) is 78.2 Å². The molecular formula is C31H43N. The largest absolute Gasteiger partial charge is 0.313 e. The monoisotopic (exact) mass is 429 g/mol.